The Morgan fingerprint density at radius 1 is 1.19 bits per heavy atom. The number of hydrogen-bond donors (Lipinski definition) is 1. The molecular formula is C20H25N. The Morgan fingerprint density at radius 2 is 1.90 bits per heavy atom. The summed E-state index contributed by atoms with van der Waals surface area (Å²) in [5, 5.41) is 6.19. The molecule has 1 atom stereocenters. The highest BCUT2D eigenvalue weighted by atomic mass is 14.9. The minimum absolute atomic E-state index is 0.667. The molecule has 0 heterocycles. The van der Waals surface area contributed by atoms with Crippen molar-refractivity contribution in [2.45, 2.75) is 33.6 Å². The molecule has 1 heteroatoms. The molecule has 21 heavy (non-hydrogen) atoms. The van der Waals surface area contributed by atoms with Crippen LogP contribution in [0.15, 0.2) is 60.8 Å². The van der Waals surface area contributed by atoms with Crippen LogP contribution in [-0.4, -0.2) is 0 Å². The zero-order chi connectivity index (χ0) is 15.2. The predicted octanol–water partition coefficient (Wildman–Crippen LogP) is 6.07. The molecule has 0 aliphatic heterocycles. The van der Waals surface area contributed by atoms with Gasteiger partial charge < -0.3 is 5.32 Å². The van der Waals surface area contributed by atoms with Crippen LogP contribution in [-0.2, 0) is 0 Å². The lowest BCUT2D eigenvalue weighted by Crippen LogP contribution is -2.05. The summed E-state index contributed by atoms with van der Waals surface area (Å²) >= 11 is 0. The minimum Gasteiger partial charge on any atom is -0.358 e. The number of nitrogens with one attached hydrogen (secondary N) is 1. The summed E-state index contributed by atoms with van der Waals surface area (Å²) in [6.07, 6.45) is 6.18. The summed E-state index contributed by atoms with van der Waals surface area (Å²) in [5.74, 6) is 0.667. The number of anilines is 1. The molecule has 0 spiro atoms. The summed E-state index contributed by atoms with van der Waals surface area (Å²) in [6.45, 7) is 10.5. The molecule has 0 saturated carbocycles. The largest absolute Gasteiger partial charge is 0.358 e. The summed E-state index contributed by atoms with van der Waals surface area (Å²) < 4.78 is 0. The van der Waals surface area contributed by atoms with E-state index in [2.05, 4.69) is 75.1 Å². The molecule has 0 amide bonds. The van der Waals surface area contributed by atoms with E-state index >= 15 is 0 Å². The molecule has 110 valence electrons. The van der Waals surface area contributed by atoms with Gasteiger partial charge in [0.1, 0.15) is 0 Å². The highest BCUT2D eigenvalue weighted by Gasteiger charge is 2.07. The van der Waals surface area contributed by atoms with Crippen LogP contribution in [0.3, 0.4) is 0 Å². The molecule has 1 N–H and O–H groups in total. The molecular weight excluding hydrogens is 254 g/mol. The Labute approximate surface area is 128 Å². The van der Waals surface area contributed by atoms with Crippen molar-refractivity contribution in [3.63, 3.8) is 0 Å². The van der Waals surface area contributed by atoms with Crippen LogP contribution in [0.2, 0.25) is 0 Å². The van der Waals surface area contributed by atoms with Gasteiger partial charge in [0.2, 0.25) is 0 Å². The Hall–Kier alpha value is -2.02. The molecule has 0 aromatic heterocycles. The fourth-order valence-electron chi connectivity index (χ4n) is 2.57. The van der Waals surface area contributed by atoms with E-state index in [1.165, 1.54) is 34.1 Å². The third kappa shape index (κ3) is 3.75. The number of benzene rings is 2. The van der Waals surface area contributed by atoms with Crippen LogP contribution in [0.5, 0.6) is 0 Å². The zero-order valence-electron chi connectivity index (χ0n) is 13.3. The van der Waals surface area contributed by atoms with Crippen molar-refractivity contribution >= 4 is 16.5 Å². The van der Waals surface area contributed by atoms with E-state index in [1.54, 1.807) is 0 Å². The molecule has 1 unspecified atom stereocenters. The Bertz CT molecular complexity index is 652. The molecule has 1 nitrogen and oxygen atoms in total. The first-order chi connectivity index (χ1) is 10.2. The van der Waals surface area contributed by atoms with E-state index in [0.29, 0.717) is 5.92 Å². The Kier molecular flexibility index (Phi) is 5.21. The van der Waals surface area contributed by atoms with Crippen molar-refractivity contribution < 1.29 is 0 Å². The van der Waals surface area contributed by atoms with Gasteiger partial charge in [-0.25, -0.2) is 0 Å². The highest BCUT2D eigenvalue weighted by Crippen LogP contribution is 2.28. The fraction of sp³-hybridized carbons (Fsp3) is 0.300. The highest BCUT2D eigenvalue weighted by molar-refractivity contribution is 5.96. The molecule has 0 saturated heterocycles. The Balaban J connectivity index is 2.35. The maximum Gasteiger partial charge on any atom is 0.0461 e. The van der Waals surface area contributed by atoms with Gasteiger partial charge in [0.05, 0.1) is 0 Å². The third-order valence-corrected chi connectivity index (χ3v) is 4.02. The van der Waals surface area contributed by atoms with Crippen molar-refractivity contribution in [2.75, 3.05) is 5.32 Å². The van der Waals surface area contributed by atoms with Crippen LogP contribution < -0.4 is 5.32 Å². The predicted molar refractivity (Wildman–Crippen MR) is 94.7 cm³/mol. The third-order valence-electron chi connectivity index (χ3n) is 4.02. The first-order valence-corrected chi connectivity index (χ1v) is 7.72. The van der Waals surface area contributed by atoms with Crippen molar-refractivity contribution in [3.05, 3.63) is 66.4 Å². The maximum atomic E-state index is 3.84. The van der Waals surface area contributed by atoms with Crippen molar-refractivity contribution in [1.29, 1.82) is 0 Å². The lowest BCUT2D eigenvalue weighted by Gasteiger charge is -2.16. The zero-order valence-corrected chi connectivity index (χ0v) is 13.3. The lowest BCUT2D eigenvalue weighted by atomic mass is 10.0. The first kappa shape index (κ1) is 15.4. The van der Waals surface area contributed by atoms with E-state index < -0.39 is 0 Å². The Morgan fingerprint density at radius 3 is 2.62 bits per heavy atom. The quantitative estimate of drug-likeness (QED) is 0.633. The van der Waals surface area contributed by atoms with Crippen LogP contribution >= 0.6 is 0 Å². The van der Waals surface area contributed by atoms with Crippen LogP contribution in [0.4, 0.5) is 5.69 Å². The summed E-state index contributed by atoms with van der Waals surface area (Å²) in [7, 11) is 0. The standard InChI is InChI=1S/C20H25N/c1-5-9-17(14-15(3)6-2)21-20-13-8-11-18-16(4)10-7-12-19(18)20/h5,7-13,15,21H,1,6,14H2,2-4H3/b17-9+. The number of aryl methyl sites for hydroxylation is 1. The second kappa shape index (κ2) is 7.12. The molecule has 2 aromatic carbocycles. The van der Waals surface area contributed by atoms with Gasteiger partial charge >= 0.3 is 0 Å². The maximum absolute atomic E-state index is 3.84. The molecule has 0 aliphatic carbocycles. The van der Waals surface area contributed by atoms with Gasteiger partial charge in [-0.05, 0) is 42.4 Å². The molecule has 0 radical (unpaired) electrons. The van der Waals surface area contributed by atoms with Gasteiger partial charge in [-0.3, -0.25) is 0 Å². The monoisotopic (exact) mass is 279 g/mol. The van der Waals surface area contributed by atoms with E-state index in [1.807, 2.05) is 6.08 Å². The SMILES string of the molecule is C=C/C=C(\CC(C)CC)Nc1cccc2c(C)cccc12. The van der Waals surface area contributed by atoms with Crippen LogP contribution in [0, 0.1) is 12.8 Å². The second-order valence-electron chi connectivity index (χ2n) is 5.75. The normalized spacial score (nSPS) is 13.2. The number of allylic oxidation sites excluding steroid dienone is 3. The van der Waals surface area contributed by atoms with E-state index in [0.717, 1.165) is 6.42 Å². The van der Waals surface area contributed by atoms with E-state index in [-0.39, 0.29) is 0 Å². The van der Waals surface area contributed by atoms with Crippen molar-refractivity contribution in [3.8, 4) is 0 Å². The number of rotatable bonds is 6. The van der Waals surface area contributed by atoms with Gasteiger partial charge in [-0.1, -0.05) is 63.3 Å². The van der Waals surface area contributed by atoms with Crippen molar-refractivity contribution in [1.82, 2.24) is 0 Å². The molecule has 0 bridgehead atoms. The number of fused-ring (bicyclic) bond motifs is 1. The molecule has 0 fully saturated rings. The van der Waals surface area contributed by atoms with Gasteiger partial charge in [0, 0.05) is 16.8 Å². The average molecular weight is 279 g/mol. The fourth-order valence-corrected chi connectivity index (χ4v) is 2.57. The van der Waals surface area contributed by atoms with E-state index in [9.17, 15) is 0 Å². The molecule has 2 aromatic rings. The molecule has 2 rings (SSSR count). The second-order valence-corrected chi connectivity index (χ2v) is 5.75. The van der Waals surface area contributed by atoms with Crippen LogP contribution in [0.1, 0.15) is 32.3 Å². The smallest absolute Gasteiger partial charge is 0.0461 e. The molecule has 0 aliphatic rings. The topological polar surface area (TPSA) is 12.0 Å². The van der Waals surface area contributed by atoms with Crippen molar-refractivity contribution in [2.24, 2.45) is 5.92 Å². The lowest BCUT2D eigenvalue weighted by molar-refractivity contribution is 0.559. The van der Waals surface area contributed by atoms with E-state index in [4.69, 9.17) is 0 Å². The summed E-state index contributed by atoms with van der Waals surface area (Å²) in [4.78, 5) is 0. The number of hydrogen-bond acceptors (Lipinski definition) is 1. The summed E-state index contributed by atoms with van der Waals surface area (Å²) in [5.41, 5.74) is 3.72. The minimum atomic E-state index is 0.667. The first-order valence-electron chi connectivity index (χ1n) is 7.72. The van der Waals surface area contributed by atoms with Gasteiger partial charge in [0.15, 0.2) is 0 Å². The van der Waals surface area contributed by atoms with Gasteiger partial charge in [-0.15, -0.1) is 0 Å². The van der Waals surface area contributed by atoms with Crippen LogP contribution in [0.25, 0.3) is 10.8 Å². The van der Waals surface area contributed by atoms with Gasteiger partial charge in [0.25, 0.3) is 0 Å². The van der Waals surface area contributed by atoms with Gasteiger partial charge in [-0.2, -0.15) is 0 Å². The summed E-state index contributed by atoms with van der Waals surface area (Å²) in [6, 6.07) is 12.9. The average Bonchev–Trinajstić information content (AvgIpc) is 2.48.